The highest BCUT2D eigenvalue weighted by Gasteiger charge is 2.14. The summed E-state index contributed by atoms with van der Waals surface area (Å²) in [6, 6.07) is 0. The lowest BCUT2D eigenvalue weighted by atomic mass is 9.96. The second kappa shape index (κ2) is 12.0. The maximum Gasteiger partial charge on any atom is 0.0125 e. The van der Waals surface area contributed by atoms with Crippen molar-refractivity contribution >= 4 is 0 Å². The van der Waals surface area contributed by atoms with Crippen molar-refractivity contribution in [3.63, 3.8) is 0 Å². The molecule has 110 valence electrons. The van der Waals surface area contributed by atoms with Gasteiger partial charge in [0.2, 0.25) is 0 Å². The van der Waals surface area contributed by atoms with Crippen LogP contribution < -0.4 is 5.32 Å². The van der Waals surface area contributed by atoms with Gasteiger partial charge in [-0.15, -0.1) is 0 Å². The summed E-state index contributed by atoms with van der Waals surface area (Å²) < 4.78 is 0. The summed E-state index contributed by atoms with van der Waals surface area (Å²) in [6.45, 7) is 10.4. The summed E-state index contributed by atoms with van der Waals surface area (Å²) in [6.07, 6.45) is 15.4. The first-order chi connectivity index (χ1) is 8.62. The van der Waals surface area contributed by atoms with Crippen molar-refractivity contribution in [2.45, 2.75) is 104 Å². The second-order valence-electron chi connectivity index (χ2n) is 6.39. The third-order valence-corrected chi connectivity index (χ3v) is 3.76. The van der Waals surface area contributed by atoms with Gasteiger partial charge in [-0.1, -0.05) is 71.6 Å². The van der Waals surface area contributed by atoms with Gasteiger partial charge in [0.1, 0.15) is 0 Å². The standard InChI is InChI=1S/C17H37N/c1-5-7-8-9-10-11-12-13-14-15-17(3,4)18-16-6-2/h18H,5-16H2,1-4H3. The van der Waals surface area contributed by atoms with Crippen LogP contribution in [0.4, 0.5) is 0 Å². The van der Waals surface area contributed by atoms with Crippen molar-refractivity contribution in [1.29, 1.82) is 0 Å². The van der Waals surface area contributed by atoms with Gasteiger partial charge >= 0.3 is 0 Å². The molecule has 0 aliphatic rings. The average Bonchev–Trinajstić information content (AvgIpc) is 2.34. The van der Waals surface area contributed by atoms with E-state index in [-0.39, 0.29) is 0 Å². The maximum atomic E-state index is 3.63. The molecule has 0 aliphatic heterocycles. The zero-order valence-electron chi connectivity index (χ0n) is 13.5. The highest BCUT2D eigenvalue weighted by Crippen LogP contribution is 2.16. The third kappa shape index (κ3) is 12.4. The molecule has 0 saturated heterocycles. The van der Waals surface area contributed by atoms with Gasteiger partial charge in [-0.25, -0.2) is 0 Å². The van der Waals surface area contributed by atoms with E-state index in [0.717, 1.165) is 6.54 Å². The van der Waals surface area contributed by atoms with Crippen molar-refractivity contribution in [2.75, 3.05) is 6.54 Å². The Balaban J connectivity index is 3.23. The van der Waals surface area contributed by atoms with Crippen LogP contribution in [-0.4, -0.2) is 12.1 Å². The molecule has 0 heterocycles. The van der Waals surface area contributed by atoms with E-state index in [0.29, 0.717) is 5.54 Å². The van der Waals surface area contributed by atoms with Crippen LogP contribution in [0.15, 0.2) is 0 Å². The number of hydrogen-bond donors (Lipinski definition) is 1. The molecule has 0 radical (unpaired) electrons. The van der Waals surface area contributed by atoms with E-state index in [4.69, 9.17) is 0 Å². The number of unbranched alkanes of at least 4 members (excludes halogenated alkanes) is 8. The van der Waals surface area contributed by atoms with E-state index in [9.17, 15) is 0 Å². The fourth-order valence-electron chi connectivity index (χ4n) is 2.43. The van der Waals surface area contributed by atoms with Crippen LogP contribution in [0.5, 0.6) is 0 Å². The molecular formula is C17H37N. The predicted octanol–water partition coefficient (Wildman–Crippen LogP) is 5.69. The van der Waals surface area contributed by atoms with Crippen molar-refractivity contribution < 1.29 is 0 Å². The van der Waals surface area contributed by atoms with Gasteiger partial charge in [-0.05, 0) is 33.2 Å². The monoisotopic (exact) mass is 255 g/mol. The Morgan fingerprint density at radius 3 is 1.67 bits per heavy atom. The van der Waals surface area contributed by atoms with Crippen LogP contribution in [-0.2, 0) is 0 Å². The van der Waals surface area contributed by atoms with E-state index in [1.165, 1.54) is 70.6 Å². The molecule has 0 aliphatic carbocycles. The van der Waals surface area contributed by atoms with Crippen LogP contribution in [0.3, 0.4) is 0 Å². The summed E-state index contributed by atoms with van der Waals surface area (Å²) in [5, 5.41) is 3.63. The minimum Gasteiger partial charge on any atom is -0.312 e. The Labute approximate surface area is 116 Å². The average molecular weight is 255 g/mol. The van der Waals surface area contributed by atoms with Crippen molar-refractivity contribution in [3.05, 3.63) is 0 Å². The minimum atomic E-state index is 0.344. The van der Waals surface area contributed by atoms with Crippen LogP contribution in [0.25, 0.3) is 0 Å². The van der Waals surface area contributed by atoms with E-state index in [2.05, 4.69) is 33.0 Å². The van der Waals surface area contributed by atoms with Crippen LogP contribution in [0.2, 0.25) is 0 Å². The first-order valence-electron chi connectivity index (χ1n) is 8.37. The van der Waals surface area contributed by atoms with Gasteiger partial charge in [0.05, 0.1) is 0 Å². The van der Waals surface area contributed by atoms with Crippen molar-refractivity contribution in [1.82, 2.24) is 5.32 Å². The van der Waals surface area contributed by atoms with E-state index < -0.39 is 0 Å². The van der Waals surface area contributed by atoms with E-state index >= 15 is 0 Å². The lowest BCUT2D eigenvalue weighted by molar-refractivity contribution is 0.347. The molecule has 1 heteroatoms. The second-order valence-corrected chi connectivity index (χ2v) is 6.39. The van der Waals surface area contributed by atoms with E-state index in [1.54, 1.807) is 0 Å². The Kier molecular flexibility index (Phi) is 12.0. The molecule has 0 bridgehead atoms. The highest BCUT2D eigenvalue weighted by molar-refractivity contribution is 4.76. The predicted molar refractivity (Wildman–Crippen MR) is 84.2 cm³/mol. The van der Waals surface area contributed by atoms with Crippen molar-refractivity contribution in [3.8, 4) is 0 Å². The topological polar surface area (TPSA) is 12.0 Å². The molecule has 0 aromatic heterocycles. The molecule has 0 rings (SSSR count). The third-order valence-electron chi connectivity index (χ3n) is 3.76. The fourth-order valence-corrected chi connectivity index (χ4v) is 2.43. The SMILES string of the molecule is CCCCCCCCCCCC(C)(C)NCCC. The lowest BCUT2D eigenvalue weighted by Crippen LogP contribution is -2.39. The van der Waals surface area contributed by atoms with Gasteiger partial charge in [-0.3, -0.25) is 0 Å². The summed E-state index contributed by atoms with van der Waals surface area (Å²) >= 11 is 0. The van der Waals surface area contributed by atoms with Gasteiger partial charge < -0.3 is 5.32 Å². The van der Waals surface area contributed by atoms with Gasteiger partial charge in [0.25, 0.3) is 0 Å². The zero-order chi connectivity index (χ0) is 13.7. The first kappa shape index (κ1) is 18.0. The molecule has 0 spiro atoms. The Hall–Kier alpha value is -0.0400. The molecule has 0 aromatic carbocycles. The Morgan fingerprint density at radius 2 is 1.17 bits per heavy atom. The molecule has 0 unspecified atom stereocenters. The number of hydrogen-bond acceptors (Lipinski definition) is 1. The van der Waals surface area contributed by atoms with Crippen molar-refractivity contribution in [2.24, 2.45) is 0 Å². The maximum absolute atomic E-state index is 3.63. The van der Waals surface area contributed by atoms with Gasteiger partial charge in [0.15, 0.2) is 0 Å². The quantitative estimate of drug-likeness (QED) is 0.417. The fraction of sp³-hybridized carbons (Fsp3) is 1.00. The summed E-state index contributed by atoms with van der Waals surface area (Å²) in [5.41, 5.74) is 0.344. The Morgan fingerprint density at radius 1 is 0.667 bits per heavy atom. The summed E-state index contributed by atoms with van der Waals surface area (Å²) in [5.74, 6) is 0. The Bertz CT molecular complexity index is 163. The minimum absolute atomic E-state index is 0.344. The summed E-state index contributed by atoms with van der Waals surface area (Å²) in [7, 11) is 0. The molecule has 0 atom stereocenters. The highest BCUT2D eigenvalue weighted by atomic mass is 14.9. The lowest BCUT2D eigenvalue weighted by Gasteiger charge is -2.26. The van der Waals surface area contributed by atoms with Crippen LogP contribution >= 0.6 is 0 Å². The van der Waals surface area contributed by atoms with Crippen LogP contribution in [0.1, 0.15) is 98.3 Å². The molecular weight excluding hydrogens is 218 g/mol. The van der Waals surface area contributed by atoms with Crippen LogP contribution in [0, 0.1) is 0 Å². The normalized spacial score (nSPS) is 12.0. The number of nitrogens with one attached hydrogen (secondary N) is 1. The zero-order valence-corrected chi connectivity index (χ0v) is 13.5. The summed E-state index contributed by atoms with van der Waals surface area (Å²) in [4.78, 5) is 0. The first-order valence-corrected chi connectivity index (χ1v) is 8.37. The molecule has 0 saturated carbocycles. The molecule has 1 N–H and O–H groups in total. The molecule has 0 aromatic rings. The molecule has 18 heavy (non-hydrogen) atoms. The molecule has 0 amide bonds. The number of rotatable bonds is 13. The van der Waals surface area contributed by atoms with E-state index in [1.807, 2.05) is 0 Å². The smallest absolute Gasteiger partial charge is 0.0125 e. The molecule has 1 nitrogen and oxygen atoms in total. The van der Waals surface area contributed by atoms with Gasteiger partial charge in [0, 0.05) is 5.54 Å². The largest absolute Gasteiger partial charge is 0.312 e. The molecule has 0 fully saturated rings. The van der Waals surface area contributed by atoms with Gasteiger partial charge in [-0.2, -0.15) is 0 Å².